The minimum absolute atomic E-state index is 0.779. The highest BCUT2D eigenvalue weighted by atomic mass is 79.9. The number of thiophene rings is 1. The predicted octanol–water partition coefficient (Wildman–Crippen LogP) is 3.98. The van der Waals surface area contributed by atoms with Gasteiger partial charge in [0.15, 0.2) is 0 Å². The van der Waals surface area contributed by atoms with Crippen LogP contribution in [-0.2, 0) is 0 Å². The summed E-state index contributed by atoms with van der Waals surface area (Å²) in [5, 5.41) is 3.05. The van der Waals surface area contributed by atoms with Crippen molar-refractivity contribution in [1.29, 1.82) is 0 Å². The monoisotopic (exact) mass is 312 g/mol. The lowest BCUT2D eigenvalue weighted by atomic mass is 10.4. The first-order chi connectivity index (χ1) is 5.75. The van der Waals surface area contributed by atoms with E-state index in [1.165, 1.54) is 4.88 Å². The fraction of sp³-hybridized carbons (Fsp3) is 0.500. The van der Waals surface area contributed by atoms with E-state index >= 15 is 0 Å². The molecule has 0 aliphatic carbocycles. The smallest absolute Gasteiger partial charge is 0.147 e. The van der Waals surface area contributed by atoms with E-state index in [1.807, 2.05) is 0 Å². The van der Waals surface area contributed by atoms with E-state index in [-0.39, 0.29) is 0 Å². The second kappa shape index (κ2) is 5.25. The fourth-order valence-corrected chi connectivity index (χ4v) is 2.53. The molecule has 4 heteroatoms. The van der Waals surface area contributed by atoms with E-state index in [2.05, 4.69) is 44.2 Å². The molecule has 0 amide bonds. The zero-order valence-corrected chi connectivity index (χ0v) is 10.8. The van der Waals surface area contributed by atoms with Gasteiger partial charge in [0.25, 0.3) is 0 Å². The van der Waals surface area contributed by atoms with E-state index < -0.39 is 0 Å². The Balaban J connectivity index is 2.50. The van der Waals surface area contributed by atoms with E-state index in [4.69, 9.17) is 4.74 Å². The molecule has 0 aliphatic heterocycles. The molecule has 1 nitrogen and oxygen atoms in total. The number of rotatable bonds is 4. The third kappa shape index (κ3) is 2.75. The number of hydrogen-bond acceptors (Lipinski definition) is 2. The molecule has 12 heavy (non-hydrogen) atoms. The molecular weight excluding hydrogens is 304 g/mol. The Kier molecular flexibility index (Phi) is 4.61. The first-order valence-corrected chi connectivity index (χ1v) is 6.47. The topological polar surface area (TPSA) is 9.23 Å². The summed E-state index contributed by atoms with van der Waals surface area (Å²) in [6, 6.07) is 0. The maximum Gasteiger partial charge on any atom is 0.147 e. The third-order valence-corrected chi connectivity index (χ3v) is 3.75. The summed E-state index contributed by atoms with van der Waals surface area (Å²) in [4.78, 5) is 1.23. The Bertz CT molecular complexity index is 228. The van der Waals surface area contributed by atoms with Gasteiger partial charge in [-0.1, -0.05) is 15.9 Å². The molecule has 0 saturated heterocycles. The van der Waals surface area contributed by atoms with E-state index in [1.54, 1.807) is 11.3 Å². The summed E-state index contributed by atoms with van der Waals surface area (Å²) in [7, 11) is 0. The van der Waals surface area contributed by atoms with Gasteiger partial charge in [0.05, 0.1) is 11.1 Å². The fourth-order valence-electron chi connectivity index (χ4n) is 0.815. The lowest BCUT2D eigenvalue weighted by Gasteiger charge is -2.04. The first-order valence-electron chi connectivity index (χ1n) is 3.68. The normalized spacial score (nSPS) is 10.2. The quantitative estimate of drug-likeness (QED) is 0.603. The van der Waals surface area contributed by atoms with Crippen LogP contribution in [0.5, 0.6) is 5.75 Å². The van der Waals surface area contributed by atoms with Crippen LogP contribution in [0.3, 0.4) is 0 Å². The summed E-state index contributed by atoms with van der Waals surface area (Å²) in [5.41, 5.74) is 0. The lowest BCUT2D eigenvalue weighted by Crippen LogP contribution is -1.97. The van der Waals surface area contributed by atoms with Gasteiger partial charge in [0, 0.05) is 15.6 Å². The van der Waals surface area contributed by atoms with Crippen LogP contribution in [0, 0.1) is 6.92 Å². The van der Waals surface area contributed by atoms with Crippen molar-refractivity contribution in [2.75, 3.05) is 11.9 Å². The van der Waals surface area contributed by atoms with Gasteiger partial charge >= 0.3 is 0 Å². The zero-order valence-electron chi connectivity index (χ0n) is 6.77. The van der Waals surface area contributed by atoms with E-state index in [0.29, 0.717) is 0 Å². The van der Waals surface area contributed by atoms with Crippen LogP contribution in [-0.4, -0.2) is 11.9 Å². The van der Waals surface area contributed by atoms with Crippen molar-refractivity contribution in [2.45, 2.75) is 13.3 Å². The zero-order chi connectivity index (χ0) is 8.97. The summed E-state index contributed by atoms with van der Waals surface area (Å²) < 4.78 is 6.65. The Morgan fingerprint density at radius 1 is 1.58 bits per heavy atom. The van der Waals surface area contributed by atoms with Crippen LogP contribution in [0.4, 0.5) is 0 Å². The van der Waals surface area contributed by atoms with Crippen molar-refractivity contribution in [3.63, 3.8) is 0 Å². The number of aryl methyl sites for hydroxylation is 1. The molecule has 0 fully saturated rings. The molecule has 0 bridgehead atoms. The largest absolute Gasteiger partial charge is 0.491 e. The van der Waals surface area contributed by atoms with E-state index in [9.17, 15) is 0 Å². The molecule has 1 rings (SSSR count). The summed E-state index contributed by atoms with van der Waals surface area (Å²) in [6.45, 7) is 2.85. The molecule has 1 aromatic rings. The van der Waals surface area contributed by atoms with E-state index in [0.717, 1.165) is 28.6 Å². The number of halogens is 2. The second-order valence-electron chi connectivity index (χ2n) is 2.36. The molecule has 0 saturated carbocycles. The third-order valence-electron chi connectivity index (χ3n) is 1.40. The lowest BCUT2D eigenvalue weighted by molar-refractivity contribution is 0.317. The average molecular weight is 314 g/mol. The minimum Gasteiger partial charge on any atom is -0.491 e. The summed E-state index contributed by atoms with van der Waals surface area (Å²) in [5.74, 6) is 1.00. The number of ether oxygens (including phenoxy) is 1. The molecule has 0 N–H and O–H groups in total. The van der Waals surface area contributed by atoms with Crippen molar-refractivity contribution in [3.05, 3.63) is 14.7 Å². The van der Waals surface area contributed by atoms with Gasteiger partial charge in [-0.05, 0) is 29.3 Å². The summed E-state index contributed by atoms with van der Waals surface area (Å²) >= 11 is 8.51. The first kappa shape index (κ1) is 10.5. The number of hydrogen-bond donors (Lipinski definition) is 0. The molecule has 0 atom stereocenters. The minimum atomic E-state index is 0.779. The molecule has 0 radical (unpaired) electrons. The standard InChI is InChI=1S/C8H10Br2OS/c1-6-8(7(10)5-12-6)11-4-2-3-9/h5H,2-4H2,1H3. The van der Waals surface area contributed by atoms with Crippen LogP contribution in [0.15, 0.2) is 9.85 Å². The van der Waals surface area contributed by atoms with Gasteiger partial charge in [0.1, 0.15) is 5.75 Å². The van der Waals surface area contributed by atoms with Gasteiger partial charge < -0.3 is 4.74 Å². The molecule has 0 spiro atoms. The van der Waals surface area contributed by atoms with Crippen molar-refractivity contribution in [3.8, 4) is 5.75 Å². The van der Waals surface area contributed by atoms with Gasteiger partial charge in [-0.25, -0.2) is 0 Å². The number of alkyl halides is 1. The predicted molar refractivity (Wildman–Crippen MR) is 60.7 cm³/mol. The Hall–Kier alpha value is 0.460. The SMILES string of the molecule is Cc1scc(Br)c1OCCCBr. The van der Waals surface area contributed by atoms with Gasteiger partial charge in [0.2, 0.25) is 0 Å². The van der Waals surface area contributed by atoms with Gasteiger partial charge in [-0.3, -0.25) is 0 Å². The molecule has 0 aromatic carbocycles. The highest BCUT2D eigenvalue weighted by molar-refractivity contribution is 9.10. The van der Waals surface area contributed by atoms with Crippen molar-refractivity contribution in [2.24, 2.45) is 0 Å². The van der Waals surface area contributed by atoms with Gasteiger partial charge in [-0.2, -0.15) is 0 Å². The van der Waals surface area contributed by atoms with Crippen LogP contribution >= 0.6 is 43.2 Å². The van der Waals surface area contributed by atoms with Crippen LogP contribution in [0.2, 0.25) is 0 Å². The molecule has 68 valence electrons. The van der Waals surface area contributed by atoms with Gasteiger partial charge in [-0.15, -0.1) is 11.3 Å². The van der Waals surface area contributed by atoms with Crippen molar-refractivity contribution >= 4 is 43.2 Å². The maximum atomic E-state index is 5.58. The molecular formula is C8H10Br2OS. The highest BCUT2D eigenvalue weighted by Crippen LogP contribution is 2.34. The van der Waals surface area contributed by atoms with Crippen LogP contribution in [0.25, 0.3) is 0 Å². The molecule has 1 heterocycles. The Labute approximate surface area is 93.4 Å². The second-order valence-corrected chi connectivity index (χ2v) is 5.09. The van der Waals surface area contributed by atoms with Crippen molar-refractivity contribution in [1.82, 2.24) is 0 Å². The van der Waals surface area contributed by atoms with Crippen LogP contribution in [0.1, 0.15) is 11.3 Å². The molecule has 1 aromatic heterocycles. The summed E-state index contributed by atoms with van der Waals surface area (Å²) in [6.07, 6.45) is 1.04. The Morgan fingerprint density at radius 2 is 2.33 bits per heavy atom. The van der Waals surface area contributed by atoms with Crippen molar-refractivity contribution < 1.29 is 4.74 Å². The molecule has 0 aliphatic rings. The molecule has 0 unspecified atom stereocenters. The average Bonchev–Trinajstić information content (AvgIpc) is 2.35. The Morgan fingerprint density at radius 3 is 2.83 bits per heavy atom. The highest BCUT2D eigenvalue weighted by Gasteiger charge is 2.06. The maximum absolute atomic E-state index is 5.58. The van der Waals surface area contributed by atoms with Crippen LogP contribution < -0.4 is 4.74 Å².